The van der Waals surface area contributed by atoms with Crippen LogP contribution in [0.15, 0.2) is 12.5 Å². The maximum absolute atomic E-state index is 12.5. The monoisotopic (exact) mass is 456 g/mol. The average Bonchev–Trinajstić information content (AvgIpc) is 3.21. The molecule has 3 amide bonds. The van der Waals surface area contributed by atoms with E-state index in [0.717, 1.165) is 0 Å². The van der Waals surface area contributed by atoms with Crippen LogP contribution in [0.1, 0.15) is 32.9 Å². The zero-order valence-electron chi connectivity index (χ0n) is 18.2. The molecule has 13 heteroatoms. The fourth-order valence-electron chi connectivity index (χ4n) is 2.81. The first kappa shape index (κ1) is 27.0. The third-order valence-electron chi connectivity index (χ3n) is 4.53. The molecule has 5 unspecified atom stereocenters. The lowest BCUT2D eigenvalue weighted by atomic mass is 10.0. The van der Waals surface area contributed by atoms with Crippen LogP contribution in [-0.2, 0) is 25.6 Å². The second-order valence-electron chi connectivity index (χ2n) is 7.89. The van der Waals surface area contributed by atoms with Gasteiger partial charge in [-0.25, -0.2) is 9.78 Å². The maximum Gasteiger partial charge on any atom is 0.326 e. The molecular formula is C19H32N6O7. The Balaban J connectivity index is 2.77. The number of carbonyl (C=O) groups is 4. The summed E-state index contributed by atoms with van der Waals surface area (Å²) in [6.45, 7) is 3.99. The predicted octanol–water partition coefficient (Wildman–Crippen LogP) is -2.76. The number of hydrogen-bond donors (Lipinski definition) is 8. The largest absolute Gasteiger partial charge is 0.480 e. The molecule has 0 fully saturated rings. The molecule has 13 nitrogen and oxygen atoms in total. The summed E-state index contributed by atoms with van der Waals surface area (Å²) in [5.41, 5.74) is 6.39. The van der Waals surface area contributed by atoms with Gasteiger partial charge in [-0.1, -0.05) is 13.8 Å². The van der Waals surface area contributed by atoms with E-state index in [1.165, 1.54) is 19.4 Å². The molecule has 0 spiro atoms. The zero-order chi connectivity index (χ0) is 24.4. The standard InChI is InChI=1S/C19H32N6O7/c1-9(2)4-13(19(31)32)23-18(30)15(10(3)27)25-17(29)14(7-26)24-16(28)12(20)5-11-6-21-8-22-11/h6,8-10,12-15,26-27H,4-5,7,20H2,1-3H3,(H,21,22)(H,23,30)(H,24,28)(H,25,29)(H,31,32). The van der Waals surface area contributed by atoms with E-state index in [1.54, 1.807) is 13.8 Å². The molecule has 0 aliphatic carbocycles. The molecule has 1 aromatic heterocycles. The summed E-state index contributed by atoms with van der Waals surface area (Å²) in [4.78, 5) is 55.3. The van der Waals surface area contributed by atoms with Crippen LogP contribution in [0, 0.1) is 5.92 Å². The number of carboxylic acids is 1. The van der Waals surface area contributed by atoms with Crippen molar-refractivity contribution >= 4 is 23.7 Å². The van der Waals surface area contributed by atoms with Crippen molar-refractivity contribution in [3.8, 4) is 0 Å². The van der Waals surface area contributed by atoms with E-state index in [-0.39, 0.29) is 18.8 Å². The average molecular weight is 457 g/mol. The number of aliphatic hydroxyl groups is 2. The summed E-state index contributed by atoms with van der Waals surface area (Å²) in [5.74, 6) is -3.88. The molecule has 9 N–H and O–H groups in total. The highest BCUT2D eigenvalue weighted by molar-refractivity contribution is 5.94. The molecule has 1 rings (SSSR count). The van der Waals surface area contributed by atoms with Crippen molar-refractivity contribution in [2.24, 2.45) is 11.7 Å². The molecule has 180 valence electrons. The van der Waals surface area contributed by atoms with Crippen molar-refractivity contribution in [3.05, 3.63) is 18.2 Å². The van der Waals surface area contributed by atoms with Gasteiger partial charge in [0.25, 0.3) is 0 Å². The Bertz CT molecular complexity index is 768. The lowest BCUT2D eigenvalue weighted by molar-refractivity contribution is -0.143. The lowest BCUT2D eigenvalue weighted by Gasteiger charge is -2.26. The van der Waals surface area contributed by atoms with Crippen LogP contribution in [0.5, 0.6) is 0 Å². The van der Waals surface area contributed by atoms with Gasteiger partial charge in [0.15, 0.2) is 0 Å². The number of aromatic amines is 1. The molecule has 5 atom stereocenters. The van der Waals surface area contributed by atoms with Crippen LogP contribution < -0.4 is 21.7 Å². The minimum absolute atomic E-state index is 0.0315. The molecule has 0 aliphatic rings. The summed E-state index contributed by atoms with van der Waals surface area (Å²) in [5, 5.41) is 35.5. The number of aliphatic carboxylic acids is 1. The van der Waals surface area contributed by atoms with Gasteiger partial charge in [-0.3, -0.25) is 14.4 Å². The summed E-state index contributed by atoms with van der Waals surface area (Å²) >= 11 is 0. The summed E-state index contributed by atoms with van der Waals surface area (Å²) in [6.07, 6.45) is 1.77. The van der Waals surface area contributed by atoms with Gasteiger partial charge < -0.3 is 42.0 Å². The zero-order valence-corrected chi connectivity index (χ0v) is 18.2. The molecule has 0 aromatic carbocycles. The first-order valence-corrected chi connectivity index (χ1v) is 10.1. The van der Waals surface area contributed by atoms with Gasteiger partial charge >= 0.3 is 5.97 Å². The Morgan fingerprint density at radius 3 is 2.16 bits per heavy atom. The number of nitrogens with one attached hydrogen (secondary N) is 4. The summed E-state index contributed by atoms with van der Waals surface area (Å²) in [6, 6.07) is -5.22. The topological polar surface area (TPSA) is 220 Å². The highest BCUT2D eigenvalue weighted by Crippen LogP contribution is 2.06. The fourth-order valence-corrected chi connectivity index (χ4v) is 2.81. The van der Waals surface area contributed by atoms with E-state index in [0.29, 0.717) is 5.69 Å². The first-order valence-electron chi connectivity index (χ1n) is 10.1. The number of hydrogen-bond acceptors (Lipinski definition) is 8. The second kappa shape index (κ2) is 12.7. The van der Waals surface area contributed by atoms with Crippen LogP contribution in [-0.4, -0.2) is 85.9 Å². The molecule has 0 saturated heterocycles. The van der Waals surface area contributed by atoms with Gasteiger partial charge in [-0.15, -0.1) is 0 Å². The minimum Gasteiger partial charge on any atom is -0.480 e. The number of imidazole rings is 1. The number of carbonyl (C=O) groups excluding carboxylic acids is 3. The number of carboxylic acid groups (broad SMARTS) is 1. The third kappa shape index (κ3) is 8.61. The van der Waals surface area contributed by atoms with Crippen LogP contribution in [0.2, 0.25) is 0 Å². The fraction of sp³-hybridized carbons (Fsp3) is 0.632. The molecule has 1 heterocycles. The van der Waals surface area contributed by atoms with Crippen LogP contribution >= 0.6 is 0 Å². The minimum atomic E-state index is -1.51. The Hall–Kier alpha value is -3.03. The molecule has 1 aromatic rings. The van der Waals surface area contributed by atoms with Gasteiger partial charge in [0, 0.05) is 18.3 Å². The summed E-state index contributed by atoms with van der Waals surface area (Å²) < 4.78 is 0. The third-order valence-corrected chi connectivity index (χ3v) is 4.53. The predicted molar refractivity (Wildman–Crippen MR) is 112 cm³/mol. The quantitative estimate of drug-likeness (QED) is 0.154. The van der Waals surface area contributed by atoms with E-state index in [2.05, 4.69) is 25.9 Å². The first-order chi connectivity index (χ1) is 15.0. The van der Waals surface area contributed by atoms with E-state index in [4.69, 9.17) is 5.73 Å². The van der Waals surface area contributed by atoms with E-state index >= 15 is 0 Å². The van der Waals surface area contributed by atoms with Gasteiger partial charge in [-0.05, 0) is 19.3 Å². The van der Waals surface area contributed by atoms with Crippen LogP contribution in [0.3, 0.4) is 0 Å². The molecule has 0 aliphatic heterocycles. The molecule has 32 heavy (non-hydrogen) atoms. The number of rotatable bonds is 13. The lowest BCUT2D eigenvalue weighted by Crippen LogP contribution is -2.60. The van der Waals surface area contributed by atoms with Crippen LogP contribution in [0.25, 0.3) is 0 Å². The van der Waals surface area contributed by atoms with E-state index in [9.17, 15) is 34.5 Å². The number of aromatic nitrogens is 2. The Morgan fingerprint density at radius 2 is 1.69 bits per heavy atom. The van der Waals surface area contributed by atoms with Gasteiger partial charge in [0.2, 0.25) is 17.7 Å². The number of amides is 3. The maximum atomic E-state index is 12.5. The van der Waals surface area contributed by atoms with Crippen molar-refractivity contribution in [1.82, 2.24) is 25.9 Å². The SMILES string of the molecule is CC(C)CC(NC(=O)C(NC(=O)C(CO)NC(=O)C(N)Cc1cnc[nH]1)C(C)O)C(=O)O. The smallest absolute Gasteiger partial charge is 0.326 e. The molecule has 0 saturated carbocycles. The van der Waals surface area contributed by atoms with E-state index in [1.807, 2.05) is 0 Å². The van der Waals surface area contributed by atoms with Gasteiger partial charge in [0.05, 0.1) is 25.1 Å². The normalized spacial score (nSPS) is 15.8. The van der Waals surface area contributed by atoms with Gasteiger partial charge in [0.1, 0.15) is 18.1 Å². The van der Waals surface area contributed by atoms with E-state index < -0.39 is 60.6 Å². The Kier molecular flexibility index (Phi) is 10.7. The van der Waals surface area contributed by atoms with Gasteiger partial charge in [-0.2, -0.15) is 0 Å². The van der Waals surface area contributed by atoms with Crippen molar-refractivity contribution in [1.29, 1.82) is 0 Å². The van der Waals surface area contributed by atoms with Crippen molar-refractivity contribution in [3.63, 3.8) is 0 Å². The molecular weight excluding hydrogens is 424 g/mol. The summed E-state index contributed by atoms with van der Waals surface area (Å²) in [7, 11) is 0. The highest BCUT2D eigenvalue weighted by atomic mass is 16.4. The number of nitrogens with zero attached hydrogens (tertiary/aromatic N) is 1. The number of aliphatic hydroxyl groups excluding tert-OH is 2. The van der Waals surface area contributed by atoms with Crippen molar-refractivity contribution in [2.75, 3.05) is 6.61 Å². The molecule has 0 bridgehead atoms. The Labute approximate surface area is 185 Å². The van der Waals surface area contributed by atoms with Crippen LogP contribution in [0.4, 0.5) is 0 Å². The van der Waals surface area contributed by atoms with Crippen molar-refractivity contribution < 1.29 is 34.5 Å². The Morgan fingerprint density at radius 1 is 1.06 bits per heavy atom. The number of H-pyrrole nitrogens is 1. The number of nitrogens with two attached hydrogens (primary N) is 1. The van der Waals surface area contributed by atoms with Crippen molar-refractivity contribution in [2.45, 2.75) is 63.9 Å². The molecule has 0 radical (unpaired) electrons. The highest BCUT2D eigenvalue weighted by Gasteiger charge is 2.32. The second-order valence-corrected chi connectivity index (χ2v) is 7.89.